The molecule has 1 saturated heterocycles. The molecular weight excluding hydrogens is 337 g/mol. The first-order valence-electron chi connectivity index (χ1n) is 7.88. The molecule has 1 aliphatic heterocycles. The zero-order chi connectivity index (χ0) is 15.9. The number of carbonyl (C=O) groups is 1. The van der Waals surface area contributed by atoms with Gasteiger partial charge in [-0.2, -0.15) is 0 Å². The molecule has 0 bridgehead atoms. The second kappa shape index (κ2) is 10.1. The molecule has 0 amide bonds. The van der Waals surface area contributed by atoms with Crippen molar-refractivity contribution < 1.29 is 14.3 Å². The van der Waals surface area contributed by atoms with Gasteiger partial charge in [0.1, 0.15) is 5.75 Å². The van der Waals surface area contributed by atoms with Gasteiger partial charge in [-0.15, -0.1) is 12.4 Å². The highest BCUT2D eigenvalue weighted by Gasteiger charge is 2.15. The number of aryl methyl sites for hydroxylation is 1. The van der Waals surface area contributed by atoms with Gasteiger partial charge in [-0.3, -0.25) is 9.69 Å². The number of ketones is 1. The highest BCUT2D eigenvalue weighted by atomic mass is 35.5. The molecule has 0 aromatic heterocycles. The molecule has 23 heavy (non-hydrogen) atoms. The maximum absolute atomic E-state index is 12.4. The number of carbonyl (C=O) groups excluding carboxylic acids is 1. The molecule has 1 aromatic rings. The molecule has 0 aliphatic carbocycles. The van der Waals surface area contributed by atoms with E-state index in [0.29, 0.717) is 29.4 Å². The average Bonchev–Trinajstić information content (AvgIpc) is 2.52. The Hall–Kier alpha value is -0.810. The average molecular weight is 362 g/mol. The first-order valence-corrected chi connectivity index (χ1v) is 8.26. The molecule has 1 fully saturated rings. The lowest BCUT2D eigenvalue weighted by molar-refractivity contribution is 0.0370. The van der Waals surface area contributed by atoms with Crippen LogP contribution in [0, 0.1) is 6.92 Å². The Labute approximate surface area is 149 Å². The Bertz CT molecular complexity index is 494. The van der Waals surface area contributed by atoms with E-state index in [9.17, 15) is 4.79 Å². The fraction of sp³-hybridized carbons (Fsp3) is 0.588. The van der Waals surface area contributed by atoms with Crippen molar-refractivity contribution in [2.45, 2.75) is 26.7 Å². The summed E-state index contributed by atoms with van der Waals surface area (Å²) in [6, 6.07) is 3.60. The number of benzene rings is 1. The lowest BCUT2D eigenvalue weighted by atomic mass is 10.0. The van der Waals surface area contributed by atoms with Gasteiger partial charge in [-0.05, 0) is 31.0 Å². The summed E-state index contributed by atoms with van der Waals surface area (Å²) >= 11 is 6.26. The number of Topliss-reactive ketones (excluding diaryl/α,β-unsaturated/α-hetero) is 1. The minimum atomic E-state index is 0. The Morgan fingerprint density at radius 3 is 2.65 bits per heavy atom. The number of ether oxygens (including phenoxy) is 2. The predicted octanol–water partition coefficient (Wildman–Crippen LogP) is 3.76. The Morgan fingerprint density at radius 2 is 2.04 bits per heavy atom. The highest BCUT2D eigenvalue weighted by molar-refractivity contribution is 6.32. The number of halogens is 2. The second-order valence-corrected chi connectivity index (χ2v) is 5.99. The third-order valence-electron chi connectivity index (χ3n) is 3.76. The smallest absolute Gasteiger partial charge is 0.164 e. The van der Waals surface area contributed by atoms with Crippen molar-refractivity contribution in [3.63, 3.8) is 0 Å². The summed E-state index contributed by atoms with van der Waals surface area (Å²) in [5.74, 6) is 0.812. The fourth-order valence-corrected chi connectivity index (χ4v) is 2.83. The van der Waals surface area contributed by atoms with Crippen molar-refractivity contribution in [3.8, 4) is 5.75 Å². The zero-order valence-corrected chi connectivity index (χ0v) is 15.3. The second-order valence-electron chi connectivity index (χ2n) is 5.58. The molecule has 0 spiro atoms. The maximum Gasteiger partial charge on any atom is 0.164 e. The molecule has 0 N–H and O–H groups in total. The summed E-state index contributed by atoms with van der Waals surface area (Å²) < 4.78 is 11.0. The third kappa shape index (κ3) is 5.96. The van der Waals surface area contributed by atoms with Crippen molar-refractivity contribution in [2.24, 2.45) is 0 Å². The number of nitrogens with zero attached hydrogens (tertiary/aromatic N) is 1. The first kappa shape index (κ1) is 20.2. The SMILES string of the molecule is CCCOc1c(C)cc(C(=O)CCN2CCOCC2)cc1Cl.Cl. The van der Waals surface area contributed by atoms with Crippen LogP contribution in [0.3, 0.4) is 0 Å². The summed E-state index contributed by atoms with van der Waals surface area (Å²) in [5, 5.41) is 0.517. The molecule has 6 heteroatoms. The van der Waals surface area contributed by atoms with Crippen LogP contribution in [0.2, 0.25) is 5.02 Å². The molecule has 1 aliphatic rings. The highest BCUT2D eigenvalue weighted by Crippen LogP contribution is 2.30. The molecule has 4 nitrogen and oxygen atoms in total. The van der Waals surface area contributed by atoms with E-state index < -0.39 is 0 Å². The van der Waals surface area contributed by atoms with Gasteiger partial charge in [-0.25, -0.2) is 0 Å². The van der Waals surface area contributed by atoms with Crippen LogP contribution in [-0.4, -0.2) is 50.1 Å². The van der Waals surface area contributed by atoms with E-state index in [2.05, 4.69) is 4.90 Å². The quantitative estimate of drug-likeness (QED) is 0.693. The lowest BCUT2D eigenvalue weighted by Crippen LogP contribution is -2.37. The van der Waals surface area contributed by atoms with Gasteiger partial charge < -0.3 is 9.47 Å². The van der Waals surface area contributed by atoms with Crippen molar-refractivity contribution in [2.75, 3.05) is 39.5 Å². The minimum Gasteiger partial charge on any atom is -0.492 e. The fourth-order valence-electron chi connectivity index (χ4n) is 2.51. The van der Waals surface area contributed by atoms with Crippen LogP contribution in [-0.2, 0) is 4.74 Å². The van der Waals surface area contributed by atoms with E-state index in [-0.39, 0.29) is 18.2 Å². The molecular formula is C17H25Cl2NO3. The third-order valence-corrected chi connectivity index (χ3v) is 4.04. The maximum atomic E-state index is 12.4. The summed E-state index contributed by atoms with van der Waals surface area (Å²) in [4.78, 5) is 14.6. The Morgan fingerprint density at radius 1 is 1.35 bits per heavy atom. The van der Waals surface area contributed by atoms with Crippen molar-refractivity contribution in [1.29, 1.82) is 0 Å². The van der Waals surface area contributed by atoms with Crippen LogP contribution < -0.4 is 4.74 Å². The number of rotatable bonds is 7. The number of morpholine rings is 1. The van der Waals surface area contributed by atoms with Crippen LogP contribution in [0.1, 0.15) is 35.7 Å². The van der Waals surface area contributed by atoms with Gasteiger partial charge in [0.15, 0.2) is 5.78 Å². The van der Waals surface area contributed by atoms with Crippen LogP contribution in [0.15, 0.2) is 12.1 Å². The molecule has 0 saturated carbocycles. The molecule has 130 valence electrons. The lowest BCUT2D eigenvalue weighted by Gasteiger charge is -2.26. The molecule has 1 heterocycles. The molecule has 0 atom stereocenters. The van der Waals surface area contributed by atoms with E-state index in [1.54, 1.807) is 6.07 Å². The van der Waals surface area contributed by atoms with E-state index in [0.717, 1.165) is 44.8 Å². The van der Waals surface area contributed by atoms with E-state index in [4.69, 9.17) is 21.1 Å². The topological polar surface area (TPSA) is 38.8 Å². The van der Waals surface area contributed by atoms with Crippen LogP contribution >= 0.6 is 24.0 Å². The van der Waals surface area contributed by atoms with Gasteiger partial charge >= 0.3 is 0 Å². The monoisotopic (exact) mass is 361 g/mol. The number of hydrogen-bond acceptors (Lipinski definition) is 4. The van der Waals surface area contributed by atoms with Crippen LogP contribution in [0.5, 0.6) is 5.75 Å². The normalized spacial score (nSPS) is 15.1. The Kier molecular flexibility index (Phi) is 8.92. The summed E-state index contributed by atoms with van der Waals surface area (Å²) in [6.07, 6.45) is 1.43. The molecule has 0 radical (unpaired) electrons. The van der Waals surface area contributed by atoms with Gasteiger partial charge in [0.05, 0.1) is 24.8 Å². The predicted molar refractivity (Wildman–Crippen MR) is 95.4 cm³/mol. The van der Waals surface area contributed by atoms with Crippen molar-refractivity contribution in [3.05, 3.63) is 28.3 Å². The standard InChI is InChI=1S/C17H24ClNO3.ClH/c1-3-8-22-17-13(2)11-14(12-15(17)18)16(20)4-5-19-6-9-21-10-7-19;/h11-12H,3-10H2,1-2H3;1H. The van der Waals surface area contributed by atoms with E-state index in [1.165, 1.54) is 0 Å². The Balaban J connectivity index is 0.00000264. The van der Waals surface area contributed by atoms with Crippen LogP contribution in [0.25, 0.3) is 0 Å². The molecule has 2 rings (SSSR count). The summed E-state index contributed by atoms with van der Waals surface area (Å²) in [6.45, 7) is 8.68. The van der Waals surface area contributed by atoms with Gasteiger partial charge in [0.25, 0.3) is 0 Å². The summed E-state index contributed by atoms with van der Waals surface area (Å²) in [7, 11) is 0. The van der Waals surface area contributed by atoms with E-state index >= 15 is 0 Å². The summed E-state index contributed by atoms with van der Waals surface area (Å²) in [5.41, 5.74) is 1.58. The zero-order valence-electron chi connectivity index (χ0n) is 13.8. The minimum absolute atomic E-state index is 0. The van der Waals surface area contributed by atoms with Gasteiger partial charge in [0.2, 0.25) is 0 Å². The van der Waals surface area contributed by atoms with E-state index in [1.807, 2.05) is 19.9 Å². The number of hydrogen-bond donors (Lipinski definition) is 0. The molecule has 0 unspecified atom stereocenters. The van der Waals surface area contributed by atoms with Crippen LogP contribution in [0.4, 0.5) is 0 Å². The van der Waals surface area contributed by atoms with Crippen molar-refractivity contribution in [1.82, 2.24) is 4.90 Å². The van der Waals surface area contributed by atoms with Gasteiger partial charge in [0, 0.05) is 31.6 Å². The molecule has 1 aromatic carbocycles. The van der Waals surface area contributed by atoms with Gasteiger partial charge in [-0.1, -0.05) is 18.5 Å². The first-order chi connectivity index (χ1) is 10.6. The van der Waals surface area contributed by atoms with Crippen molar-refractivity contribution >= 4 is 29.8 Å². The largest absolute Gasteiger partial charge is 0.492 e.